The van der Waals surface area contributed by atoms with Crippen LogP contribution in [0.25, 0.3) is 0 Å². The van der Waals surface area contributed by atoms with Crippen LogP contribution in [0.4, 0.5) is 10.3 Å². The third-order valence-electron chi connectivity index (χ3n) is 2.76. The predicted octanol–water partition coefficient (Wildman–Crippen LogP) is 2.68. The van der Waals surface area contributed by atoms with Gasteiger partial charge in [-0.15, -0.1) is 20.4 Å². The molecule has 3 rings (SSSR count). The zero-order chi connectivity index (χ0) is 17.6. The van der Waals surface area contributed by atoms with Gasteiger partial charge in [0.15, 0.2) is 4.34 Å². The number of rotatable bonds is 6. The van der Waals surface area contributed by atoms with Gasteiger partial charge in [-0.05, 0) is 19.1 Å². The third kappa shape index (κ3) is 5.05. The molecular weight excluding hydrogens is 380 g/mol. The number of aromatic nitrogens is 4. The molecule has 0 radical (unpaired) electrons. The highest BCUT2D eigenvalue weighted by Crippen LogP contribution is 2.26. The van der Waals surface area contributed by atoms with E-state index >= 15 is 0 Å². The molecular formula is C14H12N6O2S3. The van der Waals surface area contributed by atoms with Crippen LogP contribution in [0.5, 0.6) is 0 Å². The summed E-state index contributed by atoms with van der Waals surface area (Å²) in [4.78, 5) is 23.9. The molecule has 0 spiro atoms. The number of carbonyl (C=O) groups excluding carboxylic acids is 2. The molecule has 0 aliphatic rings. The minimum absolute atomic E-state index is 0.167. The van der Waals surface area contributed by atoms with E-state index in [1.54, 1.807) is 24.3 Å². The van der Waals surface area contributed by atoms with E-state index in [2.05, 4.69) is 31.0 Å². The standard InChI is InChI=1S/C14H12N6O2S3/c1-8-17-18-12(24-8)15-10(21)7-23-14-20-19-13(25-14)16-11(22)9-5-3-2-4-6-9/h2-6H,7H2,1H3,(H,15,18,21)(H,16,19,22). The van der Waals surface area contributed by atoms with Crippen LogP contribution in [0, 0.1) is 6.92 Å². The molecule has 2 N–H and O–H groups in total. The first-order valence-electron chi connectivity index (χ1n) is 7.03. The van der Waals surface area contributed by atoms with Gasteiger partial charge in [0.1, 0.15) is 5.01 Å². The van der Waals surface area contributed by atoms with Gasteiger partial charge in [-0.3, -0.25) is 20.2 Å². The quantitative estimate of drug-likeness (QED) is 0.490. The van der Waals surface area contributed by atoms with Crippen molar-refractivity contribution in [1.82, 2.24) is 20.4 Å². The van der Waals surface area contributed by atoms with Gasteiger partial charge < -0.3 is 0 Å². The van der Waals surface area contributed by atoms with Crippen molar-refractivity contribution >= 4 is 56.5 Å². The molecule has 2 amide bonds. The Bertz CT molecular complexity index is 880. The third-order valence-corrected chi connectivity index (χ3v) is 5.49. The molecule has 8 nitrogen and oxygen atoms in total. The topological polar surface area (TPSA) is 110 Å². The second-order valence-electron chi connectivity index (χ2n) is 4.66. The summed E-state index contributed by atoms with van der Waals surface area (Å²) in [6.07, 6.45) is 0. The minimum atomic E-state index is -0.252. The maximum atomic E-state index is 12.0. The molecule has 2 heterocycles. The summed E-state index contributed by atoms with van der Waals surface area (Å²) in [5.41, 5.74) is 0.540. The number of anilines is 2. The van der Waals surface area contributed by atoms with Gasteiger partial charge in [-0.25, -0.2) is 0 Å². The number of carbonyl (C=O) groups is 2. The molecule has 0 atom stereocenters. The van der Waals surface area contributed by atoms with E-state index in [-0.39, 0.29) is 17.6 Å². The molecule has 25 heavy (non-hydrogen) atoms. The number of nitrogens with one attached hydrogen (secondary N) is 2. The average molecular weight is 392 g/mol. The summed E-state index contributed by atoms with van der Waals surface area (Å²) in [7, 11) is 0. The monoisotopic (exact) mass is 392 g/mol. The Morgan fingerprint density at radius 1 is 1.00 bits per heavy atom. The summed E-state index contributed by atoms with van der Waals surface area (Å²) in [5, 5.41) is 22.5. The second kappa shape index (κ2) is 8.14. The molecule has 3 aromatic rings. The Kier molecular flexibility index (Phi) is 5.68. The molecule has 1 aromatic carbocycles. The zero-order valence-electron chi connectivity index (χ0n) is 12.9. The Morgan fingerprint density at radius 2 is 1.72 bits per heavy atom. The lowest BCUT2D eigenvalue weighted by Crippen LogP contribution is -2.13. The van der Waals surface area contributed by atoms with E-state index in [0.29, 0.717) is 20.2 Å². The summed E-state index contributed by atoms with van der Waals surface area (Å²) in [6.45, 7) is 1.81. The molecule has 0 aliphatic heterocycles. The fourth-order valence-corrected chi connectivity index (χ4v) is 3.86. The van der Waals surface area contributed by atoms with E-state index in [4.69, 9.17) is 0 Å². The first-order valence-corrected chi connectivity index (χ1v) is 9.64. The van der Waals surface area contributed by atoms with Crippen LogP contribution in [0.15, 0.2) is 34.7 Å². The van der Waals surface area contributed by atoms with Gasteiger partial charge in [0.2, 0.25) is 16.2 Å². The summed E-state index contributed by atoms with van der Waals surface area (Å²) < 4.78 is 0.590. The highest BCUT2D eigenvalue weighted by molar-refractivity contribution is 8.01. The van der Waals surface area contributed by atoms with Crippen LogP contribution in [-0.4, -0.2) is 38.0 Å². The molecule has 0 aliphatic carbocycles. The van der Waals surface area contributed by atoms with Gasteiger partial charge in [-0.1, -0.05) is 52.6 Å². The van der Waals surface area contributed by atoms with Gasteiger partial charge in [0.05, 0.1) is 5.75 Å². The lowest BCUT2D eigenvalue weighted by atomic mass is 10.2. The molecule has 0 saturated heterocycles. The van der Waals surface area contributed by atoms with Gasteiger partial charge in [-0.2, -0.15) is 0 Å². The number of benzene rings is 1. The van der Waals surface area contributed by atoms with Crippen molar-refractivity contribution in [3.63, 3.8) is 0 Å². The molecule has 0 unspecified atom stereocenters. The summed E-state index contributed by atoms with van der Waals surface area (Å²) >= 11 is 3.76. The van der Waals surface area contributed by atoms with Crippen molar-refractivity contribution in [2.75, 3.05) is 16.4 Å². The number of amides is 2. The van der Waals surface area contributed by atoms with Crippen molar-refractivity contribution in [2.45, 2.75) is 11.3 Å². The minimum Gasteiger partial charge on any atom is -0.300 e. The van der Waals surface area contributed by atoms with Crippen molar-refractivity contribution in [3.05, 3.63) is 40.9 Å². The van der Waals surface area contributed by atoms with Gasteiger partial charge in [0, 0.05) is 5.56 Å². The highest BCUT2D eigenvalue weighted by atomic mass is 32.2. The number of nitrogens with zero attached hydrogens (tertiary/aromatic N) is 4. The number of hydrogen-bond acceptors (Lipinski definition) is 9. The maximum absolute atomic E-state index is 12.0. The van der Waals surface area contributed by atoms with Crippen LogP contribution in [0.2, 0.25) is 0 Å². The van der Waals surface area contributed by atoms with Crippen LogP contribution in [-0.2, 0) is 4.79 Å². The first-order chi connectivity index (χ1) is 12.1. The Morgan fingerprint density at radius 3 is 2.44 bits per heavy atom. The van der Waals surface area contributed by atoms with Crippen molar-refractivity contribution in [1.29, 1.82) is 0 Å². The van der Waals surface area contributed by atoms with Crippen molar-refractivity contribution in [3.8, 4) is 0 Å². The fraction of sp³-hybridized carbons (Fsp3) is 0.143. The van der Waals surface area contributed by atoms with Crippen LogP contribution in [0.3, 0.4) is 0 Å². The molecule has 0 bridgehead atoms. The summed E-state index contributed by atoms with van der Waals surface area (Å²) in [6, 6.07) is 8.84. The Balaban J connectivity index is 1.50. The Labute approximate surface area is 155 Å². The van der Waals surface area contributed by atoms with E-state index in [9.17, 15) is 9.59 Å². The molecule has 128 valence electrons. The van der Waals surface area contributed by atoms with Crippen LogP contribution < -0.4 is 10.6 Å². The molecule has 11 heteroatoms. The largest absolute Gasteiger partial charge is 0.300 e. The smallest absolute Gasteiger partial charge is 0.257 e. The first kappa shape index (κ1) is 17.5. The van der Waals surface area contributed by atoms with Crippen molar-refractivity contribution < 1.29 is 9.59 Å². The predicted molar refractivity (Wildman–Crippen MR) is 98.3 cm³/mol. The lowest BCUT2D eigenvalue weighted by Gasteiger charge is -2.00. The average Bonchev–Trinajstić information content (AvgIpc) is 3.22. The number of thioether (sulfide) groups is 1. The second-order valence-corrected chi connectivity index (χ2v) is 8.04. The Hall–Kier alpha value is -2.37. The van der Waals surface area contributed by atoms with Crippen LogP contribution in [0.1, 0.15) is 15.4 Å². The highest BCUT2D eigenvalue weighted by Gasteiger charge is 2.12. The number of hydrogen-bond donors (Lipinski definition) is 2. The van der Waals surface area contributed by atoms with Crippen molar-refractivity contribution in [2.24, 2.45) is 0 Å². The fourth-order valence-electron chi connectivity index (χ4n) is 1.71. The van der Waals surface area contributed by atoms with Gasteiger partial charge in [0.25, 0.3) is 5.91 Å². The van der Waals surface area contributed by atoms with Crippen LogP contribution >= 0.6 is 34.4 Å². The number of aryl methyl sites for hydroxylation is 1. The lowest BCUT2D eigenvalue weighted by molar-refractivity contribution is -0.113. The molecule has 0 fully saturated rings. The normalized spacial score (nSPS) is 10.4. The molecule has 2 aromatic heterocycles. The molecule has 0 saturated carbocycles. The maximum Gasteiger partial charge on any atom is 0.257 e. The van der Waals surface area contributed by atoms with Gasteiger partial charge >= 0.3 is 0 Å². The van der Waals surface area contributed by atoms with E-state index < -0.39 is 0 Å². The SMILES string of the molecule is Cc1nnc(NC(=O)CSc2nnc(NC(=O)c3ccccc3)s2)s1. The van der Waals surface area contributed by atoms with E-state index in [1.807, 2.05) is 13.0 Å². The summed E-state index contributed by atoms with van der Waals surface area (Å²) in [5.74, 6) is -0.288. The van der Waals surface area contributed by atoms with E-state index in [1.165, 1.54) is 34.4 Å². The zero-order valence-corrected chi connectivity index (χ0v) is 15.4. The van der Waals surface area contributed by atoms with E-state index in [0.717, 1.165) is 5.01 Å².